The van der Waals surface area contributed by atoms with Crippen molar-refractivity contribution < 1.29 is 0 Å². The molecule has 0 radical (unpaired) electrons. The predicted molar refractivity (Wildman–Crippen MR) is 76.1 cm³/mol. The van der Waals surface area contributed by atoms with E-state index in [1.54, 1.807) is 0 Å². The average Bonchev–Trinajstić information content (AvgIpc) is 2.41. The van der Waals surface area contributed by atoms with Crippen molar-refractivity contribution in [1.29, 1.82) is 0 Å². The molecule has 17 heavy (non-hydrogen) atoms. The lowest BCUT2D eigenvalue weighted by Crippen LogP contribution is -2.04. The van der Waals surface area contributed by atoms with Crippen LogP contribution in [0.15, 0.2) is 94.6 Å². The molecule has 84 valence electrons. The third-order valence-electron chi connectivity index (χ3n) is 2.45. The van der Waals surface area contributed by atoms with Crippen LogP contribution in [-0.2, 0) is 10.9 Å². The first kappa shape index (κ1) is 11.7. The van der Waals surface area contributed by atoms with Crippen molar-refractivity contribution in [3.05, 3.63) is 84.8 Å². The first-order valence-electron chi connectivity index (χ1n) is 5.48. The highest BCUT2D eigenvalue weighted by Gasteiger charge is 2.27. The van der Waals surface area contributed by atoms with Crippen LogP contribution >= 0.6 is 0 Å². The van der Waals surface area contributed by atoms with Crippen molar-refractivity contribution in [2.45, 2.75) is 9.79 Å². The number of allylic oxidation sites excluding steroid dienone is 1. The number of hydrogen-bond acceptors (Lipinski definition) is 0. The van der Waals surface area contributed by atoms with Gasteiger partial charge in [-0.1, -0.05) is 43.0 Å². The predicted octanol–water partition coefficient (Wildman–Crippen LogP) is 4.42. The molecule has 2 aromatic rings. The van der Waals surface area contributed by atoms with Crippen LogP contribution in [-0.4, -0.2) is 0 Å². The normalized spacial score (nSPS) is 10.2. The summed E-state index contributed by atoms with van der Waals surface area (Å²) in [5, 5.41) is 0. The summed E-state index contributed by atoms with van der Waals surface area (Å²) in [5.74, 6) is 0. The molecule has 0 saturated heterocycles. The molecule has 2 aromatic carbocycles. The van der Waals surface area contributed by atoms with Gasteiger partial charge in [-0.25, -0.2) is 0 Å². The van der Waals surface area contributed by atoms with Gasteiger partial charge < -0.3 is 0 Å². The fourth-order valence-electron chi connectivity index (χ4n) is 1.64. The Kier molecular flexibility index (Phi) is 3.84. The van der Waals surface area contributed by atoms with E-state index >= 15 is 0 Å². The Morgan fingerprint density at radius 1 is 0.824 bits per heavy atom. The third kappa shape index (κ3) is 2.69. The van der Waals surface area contributed by atoms with Crippen LogP contribution in [0.4, 0.5) is 0 Å². The van der Waals surface area contributed by atoms with Gasteiger partial charge in [0.25, 0.3) is 0 Å². The highest BCUT2D eigenvalue weighted by atomic mass is 32.2. The van der Waals surface area contributed by atoms with Gasteiger partial charge >= 0.3 is 0 Å². The van der Waals surface area contributed by atoms with Crippen molar-refractivity contribution in [2.75, 3.05) is 0 Å². The molecule has 0 aromatic heterocycles. The fraction of sp³-hybridized carbons (Fsp3) is 0. The Morgan fingerprint density at radius 2 is 1.24 bits per heavy atom. The highest BCUT2D eigenvalue weighted by Crippen LogP contribution is 2.29. The molecule has 0 aliphatic heterocycles. The smallest absolute Gasteiger partial charge is 0.0941 e. The van der Waals surface area contributed by atoms with Gasteiger partial charge in [-0.15, -0.1) is 0 Å². The van der Waals surface area contributed by atoms with E-state index < -0.39 is 0 Å². The Bertz CT molecular complexity index is 460. The molecule has 0 bridgehead atoms. The molecule has 1 heteroatoms. The van der Waals surface area contributed by atoms with Gasteiger partial charge in [0.05, 0.1) is 10.9 Å². The minimum atomic E-state index is -0.109. The van der Waals surface area contributed by atoms with Crippen LogP contribution in [0.5, 0.6) is 0 Å². The number of benzene rings is 2. The second kappa shape index (κ2) is 5.55. The van der Waals surface area contributed by atoms with Gasteiger partial charge in [-0.2, -0.15) is 0 Å². The van der Waals surface area contributed by atoms with E-state index in [0.717, 1.165) is 4.91 Å². The summed E-state index contributed by atoms with van der Waals surface area (Å²) in [6, 6.07) is 20.9. The minimum Gasteiger partial charge on any atom is -0.0941 e. The molecule has 0 nitrogen and oxygen atoms in total. The maximum Gasteiger partial charge on any atom is 0.166 e. The first-order valence-corrected chi connectivity index (χ1v) is 6.71. The van der Waals surface area contributed by atoms with Crippen molar-refractivity contribution in [3.8, 4) is 0 Å². The molecule has 0 fully saturated rings. The van der Waals surface area contributed by atoms with Crippen LogP contribution in [0.1, 0.15) is 0 Å². The van der Waals surface area contributed by atoms with Crippen LogP contribution < -0.4 is 0 Å². The van der Waals surface area contributed by atoms with Crippen molar-refractivity contribution >= 4 is 10.9 Å². The molecule has 0 atom stereocenters. The lowest BCUT2D eigenvalue weighted by Gasteiger charge is -2.06. The molecular formula is C16H15S+. The Hall–Kier alpha value is -1.73. The number of hydrogen-bond donors (Lipinski definition) is 0. The van der Waals surface area contributed by atoms with Crippen LogP contribution in [0.3, 0.4) is 0 Å². The van der Waals surface area contributed by atoms with Crippen LogP contribution in [0, 0.1) is 0 Å². The maximum absolute atomic E-state index is 4.12. The quantitative estimate of drug-likeness (QED) is 0.547. The maximum atomic E-state index is 4.12. The first-order chi connectivity index (χ1) is 8.33. The summed E-state index contributed by atoms with van der Waals surface area (Å²) in [6.45, 7) is 7.96. The number of rotatable bonds is 4. The summed E-state index contributed by atoms with van der Waals surface area (Å²) in [7, 11) is -0.109. The van der Waals surface area contributed by atoms with Gasteiger partial charge in [0.15, 0.2) is 14.7 Å². The summed E-state index contributed by atoms with van der Waals surface area (Å²) in [6.07, 6.45) is 1.85. The average molecular weight is 239 g/mol. The van der Waals surface area contributed by atoms with E-state index in [-0.39, 0.29) is 10.9 Å². The molecule has 0 saturated carbocycles. The second-order valence-electron chi connectivity index (χ2n) is 3.60. The Labute approximate surface area is 106 Å². The van der Waals surface area contributed by atoms with Gasteiger partial charge in [0, 0.05) is 0 Å². The summed E-state index contributed by atoms with van der Waals surface area (Å²) < 4.78 is 0. The molecule has 0 aliphatic rings. The van der Waals surface area contributed by atoms with Crippen LogP contribution in [0.2, 0.25) is 0 Å². The molecule has 0 unspecified atom stereocenters. The standard InChI is InChI=1S/C16H15S/c1-3-14(2)17(15-10-6-4-7-11-15)16-12-8-5-9-13-16/h3-13H,1-2H2/q+1. The summed E-state index contributed by atoms with van der Waals surface area (Å²) in [5.41, 5.74) is 0. The Morgan fingerprint density at radius 3 is 1.59 bits per heavy atom. The van der Waals surface area contributed by atoms with Gasteiger partial charge in [-0.3, -0.25) is 0 Å². The molecular weight excluding hydrogens is 224 g/mol. The minimum absolute atomic E-state index is 0.109. The zero-order valence-electron chi connectivity index (χ0n) is 9.67. The summed E-state index contributed by atoms with van der Waals surface area (Å²) >= 11 is 0. The fourth-order valence-corrected chi connectivity index (χ4v) is 3.54. The molecule has 0 heterocycles. The molecule has 0 amide bonds. The van der Waals surface area contributed by atoms with Crippen molar-refractivity contribution in [1.82, 2.24) is 0 Å². The SMILES string of the molecule is C=CC(=C)[S+](c1ccccc1)c1ccccc1. The summed E-state index contributed by atoms with van der Waals surface area (Å²) in [4.78, 5) is 3.62. The third-order valence-corrected chi connectivity index (χ3v) is 4.63. The monoisotopic (exact) mass is 239 g/mol. The highest BCUT2D eigenvalue weighted by molar-refractivity contribution is 8.00. The zero-order chi connectivity index (χ0) is 12.1. The van der Waals surface area contributed by atoms with Gasteiger partial charge in [-0.05, 0) is 36.9 Å². The Balaban J connectivity index is 2.47. The van der Waals surface area contributed by atoms with E-state index in [1.165, 1.54) is 9.79 Å². The zero-order valence-corrected chi connectivity index (χ0v) is 10.5. The second-order valence-corrected chi connectivity index (χ2v) is 5.68. The lowest BCUT2D eigenvalue weighted by molar-refractivity contribution is 1.38. The molecule has 2 rings (SSSR count). The van der Waals surface area contributed by atoms with E-state index in [0.29, 0.717) is 0 Å². The van der Waals surface area contributed by atoms with Crippen LogP contribution in [0.25, 0.3) is 0 Å². The van der Waals surface area contributed by atoms with E-state index in [4.69, 9.17) is 0 Å². The van der Waals surface area contributed by atoms with E-state index in [1.807, 2.05) is 18.2 Å². The van der Waals surface area contributed by atoms with Gasteiger partial charge in [0.1, 0.15) is 0 Å². The van der Waals surface area contributed by atoms with E-state index in [2.05, 4.69) is 61.7 Å². The molecule has 0 N–H and O–H groups in total. The van der Waals surface area contributed by atoms with Crippen molar-refractivity contribution in [2.24, 2.45) is 0 Å². The molecule has 0 spiro atoms. The lowest BCUT2D eigenvalue weighted by atomic mass is 10.4. The van der Waals surface area contributed by atoms with Crippen molar-refractivity contribution in [3.63, 3.8) is 0 Å². The topological polar surface area (TPSA) is 0 Å². The molecule has 0 aliphatic carbocycles. The van der Waals surface area contributed by atoms with Gasteiger partial charge in [0.2, 0.25) is 0 Å². The van der Waals surface area contributed by atoms with E-state index in [9.17, 15) is 0 Å². The largest absolute Gasteiger partial charge is 0.166 e.